The number of aromatic hydroxyl groups is 1. The van der Waals surface area contributed by atoms with Gasteiger partial charge >= 0.3 is 5.97 Å². The number of β-lactam (4-membered cyclic amide) rings is 1. The van der Waals surface area contributed by atoms with Crippen molar-refractivity contribution < 1.29 is 38.7 Å². The number of amides is 3. The van der Waals surface area contributed by atoms with Crippen LogP contribution in [0.2, 0.25) is 0 Å². The van der Waals surface area contributed by atoms with Crippen molar-refractivity contribution in [2.75, 3.05) is 57.9 Å². The predicted molar refractivity (Wildman–Crippen MR) is 158 cm³/mol. The zero-order chi connectivity index (χ0) is 31.8. The number of quaternary nitrogens is 1. The van der Waals surface area contributed by atoms with E-state index in [1.54, 1.807) is 11.8 Å². The first kappa shape index (κ1) is 31.0. The van der Waals surface area contributed by atoms with Crippen molar-refractivity contribution in [2.24, 2.45) is 5.16 Å². The van der Waals surface area contributed by atoms with Gasteiger partial charge in [-0.15, -0.1) is 11.8 Å². The summed E-state index contributed by atoms with van der Waals surface area (Å²) in [5, 5.41) is 25.4. The molecule has 19 heteroatoms. The number of anilines is 1. The van der Waals surface area contributed by atoms with Gasteiger partial charge in [-0.2, -0.15) is 9.36 Å². The fourth-order valence-electron chi connectivity index (χ4n) is 5.19. The summed E-state index contributed by atoms with van der Waals surface area (Å²) in [5.74, 6) is -3.18. The van der Waals surface area contributed by atoms with E-state index in [9.17, 15) is 34.2 Å². The number of oxime groups is 1. The second-order valence-corrected chi connectivity index (χ2v) is 12.4. The number of thioether (sulfide) groups is 1. The molecule has 0 radical (unpaired) electrons. The summed E-state index contributed by atoms with van der Waals surface area (Å²) in [6.45, 7) is 3.89. The predicted octanol–water partition coefficient (Wildman–Crippen LogP) is -1.40. The lowest BCUT2D eigenvalue weighted by molar-refractivity contribution is -0.908. The first-order valence-corrected chi connectivity index (χ1v) is 15.3. The molecule has 2 aromatic heterocycles. The molecule has 2 saturated heterocycles. The Morgan fingerprint density at radius 3 is 2.64 bits per heavy atom. The van der Waals surface area contributed by atoms with Crippen LogP contribution in [0.4, 0.5) is 5.13 Å². The molecular weight excluding hydrogens is 618 g/mol. The number of aliphatic carboxylic acids is 1. The molecule has 3 aliphatic heterocycles. The summed E-state index contributed by atoms with van der Waals surface area (Å²) in [6.07, 6.45) is 1.07. The molecule has 2 atom stereocenters. The highest BCUT2D eigenvalue weighted by atomic mass is 32.2. The monoisotopic (exact) mass is 648 g/mol. The van der Waals surface area contributed by atoms with Crippen LogP contribution >= 0.6 is 23.3 Å². The van der Waals surface area contributed by atoms with Crippen LogP contribution in [0.15, 0.2) is 33.5 Å². The number of carbonyl (C=O) groups is 4. The number of hydrogen-bond acceptors (Lipinski definition) is 13. The van der Waals surface area contributed by atoms with Gasteiger partial charge in [0.05, 0.1) is 33.2 Å². The van der Waals surface area contributed by atoms with Crippen molar-refractivity contribution in [2.45, 2.75) is 18.3 Å². The quantitative estimate of drug-likeness (QED) is 0.0914. The number of nitrogens with one attached hydrogen (secondary N) is 2. The highest BCUT2D eigenvalue weighted by Crippen LogP contribution is 2.41. The van der Waals surface area contributed by atoms with E-state index in [-0.39, 0.29) is 40.6 Å². The lowest BCUT2D eigenvalue weighted by Gasteiger charge is -2.50. The molecule has 0 saturated carbocycles. The van der Waals surface area contributed by atoms with Gasteiger partial charge in [-0.1, -0.05) is 5.16 Å². The van der Waals surface area contributed by atoms with Gasteiger partial charge in [0.2, 0.25) is 17.0 Å². The number of fused-ring (bicyclic) bond motifs is 1. The summed E-state index contributed by atoms with van der Waals surface area (Å²) in [5.41, 5.74) is 5.25. The molecule has 0 aliphatic carbocycles. The van der Waals surface area contributed by atoms with E-state index in [0.29, 0.717) is 48.5 Å². The van der Waals surface area contributed by atoms with Gasteiger partial charge in [0.1, 0.15) is 36.0 Å². The van der Waals surface area contributed by atoms with E-state index in [1.165, 1.54) is 16.7 Å². The number of rotatable bonds is 9. The maximum atomic E-state index is 13.2. The van der Waals surface area contributed by atoms with Crippen LogP contribution in [-0.4, -0.2) is 132 Å². The number of carboxylic acid groups (broad SMARTS) is 1. The van der Waals surface area contributed by atoms with Gasteiger partial charge in [-0.25, -0.2) is 4.79 Å². The highest BCUT2D eigenvalue weighted by Gasteiger charge is 2.55. The topological polar surface area (TPSA) is 234 Å². The van der Waals surface area contributed by atoms with Crippen LogP contribution in [0.1, 0.15) is 23.2 Å². The van der Waals surface area contributed by atoms with E-state index >= 15 is 0 Å². The number of nitrogens with two attached hydrogens (primary N) is 1. The molecule has 17 nitrogen and oxygen atoms in total. The molecule has 3 amide bonds. The van der Waals surface area contributed by atoms with Crippen LogP contribution in [0.3, 0.4) is 0 Å². The first-order chi connectivity index (χ1) is 20.9. The number of aromatic amines is 1. The smallest absolute Gasteiger partial charge is 0.352 e. The first-order valence-electron chi connectivity index (χ1n) is 13.5. The molecule has 6 N–H and O–H groups in total. The van der Waals surface area contributed by atoms with Crippen molar-refractivity contribution in [3.05, 3.63) is 45.3 Å². The molecule has 234 valence electrons. The number of nitrogen functional groups attached to an aromatic ring is 1. The van der Waals surface area contributed by atoms with Crippen LogP contribution < -0.4 is 16.5 Å². The van der Waals surface area contributed by atoms with Crippen LogP contribution in [0, 0.1) is 0 Å². The minimum atomic E-state index is -1.25. The molecule has 5 heterocycles. The number of aromatic nitrogens is 3. The Balaban J connectivity index is 1.26. The van der Waals surface area contributed by atoms with Gasteiger partial charge in [0.15, 0.2) is 10.9 Å². The second-order valence-electron chi connectivity index (χ2n) is 10.5. The highest BCUT2D eigenvalue weighted by molar-refractivity contribution is 8.00. The number of pyridine rings is 1. The molecule has 0 unspecified atom stereocenters. The molecular formula is C25H30N9O8S2+. The number of nitrogens with zero attached hydrogens (tertiary/aromatic N) is 6. The lowest BCUT2D eigenvalue weighted by Crippen LogP contribution is -2.71. The number of hydrogen-bond donors (Lipinski definition) is 5. The number of likely N-dealkylation sites (N-methyl/N-ethyl adjacent to an activating group) is 1. The zero-order valence-electron chi connectivity index (χ0n) is 23.7. The van der Waals surface area contributed by atoms with Crippen molar-refractivity contribution >= 4 is 57.8 Å². The zero-order valence-corrected chi connectivity index (χ0v) is 25.3. The third kappa shape index (κ3) is 5.97. The third-order valence-electron chi connectivity index (χ3n) is 7.49. The van der Waals surface area contributed by atoms with Crippen LogP contribution in [0.5, 0.6) is 5.75 Å². The Labute approximate surface area is 258 Å². The molecule has 0 bridgehead atoms. The lowest BCUT2D eigenvalue weighted by atomic mass is 10.0. The Bertz CT molecular complexity index is 1630. The average molecular weight is 649 g/mol. The minimum Gasteiger partial charge on any atom is -0.503 e. The van der Waals surface area contributed by atoms with Crippen LogP contribution in [0.25, 0.3) is 0 Å². The fraction of sp³-hybridized carbons (Fsp3) is 0.440. The number of piperazine rings is 1. The number of carbonyl (C=O) groups excluding carboxylic acids is 3. The fourth-order valence-corrected chi connectivity index (χ4v) is 6.96. The summed E-state index contributed by atoms with van der Waals surface area (Å²) in [4.78, 5) is 77.7. The summed E-state index contributed by atoms with van der Waals surface area (Å²) in [6, 6.07) is 0.0508. The summed E-state index contributed by atoms with van der Waals surface area (Å²) >= 11 is 2.21. The molecule has 3 aliphatic rings. The Hall–Kier alpha value is -4.49. The Morgan fingerprint density at radius 2 is 2.02 bits per heavy atom. The minimum absolute atomic E-state index is 0.0538. The van der Waals surface area contributed by atoms with Crippen molar-refractivity contribution in [3.8, 4) is 5.75 Å². The second kappa shape index (κ2) is 12.2. The number of carboxylic acids is 1. The largest absolute Gasteiger partial charge is 0.503 e. The van der Waals surface area contributed by atoms with Gasteiger partial charge in [-0.3, -0.25) is 24.1 Å². The van der Waals surface area contributed by atoms with E-state index in [1.807, 2.05) is 7.05 Å². The maximum absolute atomic E-state index is 13.2. The Kier molecular flexibility index (Phi) is 8.62. The number of H-pyrrole nitrogens is 1. The molecule has 0 spiro atoms. The van der Waals surface area contributed by atoms with Crippen molar-refractivity contribution in [1.29, 1.82) is 0 Å². The normalized spacial score (nSPS) is 21.4. The summed E-state index contributed by atoms with van der Waals surface area (Å²) < 4.78 is 4.41. The van der Waals surface area contributed by atoms with Gasteiger partial charge in [0, 0.05) is 35.1 Å². The van der Waals surface area contributed by atoms with E-state index in [2.05, 4.69) is 24.8 Å². The Morgan fingerprint density at radius 1 is 1.30 bits per heavy atom. The van der Waals surface area contributed by atoms with E-state index in [0.717, 1.165) is 23.8 Å². The average Bonchev–Trinajstić information content (AvgIpc) is 3.42. The maximum Gasteiger partial charge on any atom is 0.352 e. The third-order valence-corrected chi connectivity index (χ3v) is 9.37. The molecule has 0 aromatic carbocycles. The summed E-state index contributed by atoms with van der Waals surface area (Å²) in [7, 11) is 1.95. The van der Waals surface area contributed by atoms with E-state index in [4.69, 9.17) is 10.6 Å². The standard InChI is InChI=1S/C25H29N9O8S2/c1-3-42-30-16(19-29-25(26)44-31-19)20(37)28-17-22(39)33-18(24(40)41)12(11-43-23(17)33)10-34(2)6-4-32(5-7-34)21(38)13-8-14(35)15(36)9-27-13/h8-9,17,23H,3-7,10-11H2,1-2H3,(H5-,26,27,28,29,30,31,35,36,37,38,40,41)/p+1/t17-,23+/m1/s1. The van der Waals surface area contributed by atoms with Gasteiger partial charge in [-0.05, 0) is 6.92 Å². The van der Waals surface area contributed by atoms with Gasteiger partial charge in [0.25, 0.3) is 17.7 Å². The SMILES string of the molecule is CCON=C(C(=O)N[C@@H]1C(=O)N2C(C(=O)O)=C(C[N+]3(C)CCN(C(=O)c4cc(=O)c(O)c[nH]4)CC3)CS[C@@H]12)c1nsc(N)n1. The van der Waals surface area contributed by atoms with Crippen LogP contribution in [-0.2, 0) is 19.2 Å². The van der Waals surface area contributed by atoms with Crippen molar-refractivity contribution in [3.63, 3.8) is 0 Å². The molecule has 2 aromatic rings. The van der Waals surface area contributed by atoms with E-state index < -0.39 is 40.4 Å². The van der Waals surface area contributed by atoms with Crippen molar-refractivity contribution in [1.82, 2.24) is 29.5 Å². The molecule has 5 rings (SSSR count). The van der Waals surface area contributed by atoms with Gasteiger partial charge < -0.3 is 40.5 Å². The molecule has 2 fully saturated rings. The molecule has 44 heavy (non-hydrogen) atoms.